The lowest BCUT2D eigenvalue weighted by Crippen LogP contribution is -2.02. The summed E-state index contributed by atoms with van der Waals surface area (Å²) in [6, 6.07) is 20.8. The molecule has 0 aromatic heterocycles. The molecular weight excluding hydrogens is 300 g/mol. The normalized spacial score (nSPS) is 10.4. The molecule has 0 aliphatic heterocycles. The summed E-state index contributed by atoms with van der Waals surface area (Å²) in [5.74, 6) is -0.418. The summed E-state index contributed by atoms with van der Waals surface area (Å²) in [4.78, 5) is 11.9. The fourth-order valence-electron chi connectivity index (χ4n) is 2.73. The Morgan fingerprint density at radius 3 is 2.21 bits per heavy atom. The Morgan fingerprint density at radius 2 is 1.58 bits per heavy atom. The average Bonchev–Trinajstić information content (AvgIpc) is 2.62. The van der Waals surface area contributed by atoms with Crippen LogP contribution in [0.3, 0.4) is 0 Å². The quantitative estimate of drug-likeness (QED) is 0.704. The van der Waals surface area contributed by atoms with Gasteiger partial charge in [-0.3, -0.25) is 0 Å². The molecule has 3 nitrogen and oxygen atoms in total. The molecule has 0 radical (unpaired) electrons. The molecule has 3 rings (SSSR count). The molecule has 0 unspecified atom stereocenters. The monoisotopic (exact) mass is 318 g/mol. The first-order valence-electron chi connectivity index (χ1n) is 7.68. The minimum Gasteiger partial charge on any atom is -0.507 e. The van der Waals surface area contributed by atoms with Crippen molar-refractivity contribution in [2.75, 3.05) is 7.11 Å². The molecule has 3 heteroatoms. The number of benzene rings is 3. The van der Waals surface area contributed by atoms with Crippen molar-refractivity contribution in [3.05, 3.63) is 77.9 Å². The molecule has 24 heavy (non-hydrogen) atoms. The Labute approximate surface area is 141 Å². The summed E-state index contributed by atoms with van der Waals surface area (Å²) < 4.78 is 4.79. The molecule has 0 spiro atoms. The van der Waals surface area contributed by atoms with Crippen LogP contribution in [-0.4, -0.2) is 18.2 Å². The zero-order valence-electron chi connectivity index (χ0n) is 13.6. The number of methoxy groups -OCH3 is 1. The van der Waals surface area contributed by atoms with E-state index in [0.29, 0.717) is 11.1 Å². The molecule has 0 saturated heterocycles. The van der Waals surface area contributed by atoms with Crippen LogP contribution in [0.4, 0.5) is 0 Å². The Balaban J connectivity index is 2.27. The predicted molar refractivity (Wildman–Crippen MR) is 95.1 cm³/mol. The van der Waals surface area contributed by atoms with E-state index in [-0.39, 0.29) is 5.75 Å². The lowest BCUT2D eigenvalue weighted by Gasteiger charge is -2.14. The number of aryl methyl sites for hydroxylation is 1. The first-order valence-corrected chi connectivity index (χ1v) is 7.68. The zero-order valence-corrected chi connectivity index (χ0v) is 13.6. The molecule has 0 bridgehead atoms. The second kappa shape index (κ2) is 6.59. The van der Waals surface area contributed by atoms with Gasteiger partial charge in [-0.2, -0.15) is 0 Å². The van der Waals surface area contributed by atoms with Crippen molar-refractivity contribution in [2.45, 2.75) is 6.92 Å². The van der Waals surface area contributed by atoms with Crippen LogP contribution in [0.15, 0.2) is 66.7 Å². The summed E-state index contributed by atoms with van der Waals surface area (Å²) in [7, 11) is 1.33. The highest BCUT2D eigenvalue weighted by atomic mass is 16.5. The summed E-state index contributed by atoms with van der Waals surface area (Å²) in [6.45, 7) is 2.02. The maximum Gasteiger partial charge on any atom is 0.338 e. The molecule has 0 fully saturated rings. The summed E-state index contributed by atoms with van der Waals surface area (Å²) in [6.07, 6.45) is 0. The molecule has 0 aliphatic rings. The van der Waals surface area contributed by atoms with Crippen molar-refractivity contribution in [2.24, 2.45) is 0 Å². The van der Waals surface area contributed by atoms with Crippen molar-refractivity contribution >= 4 is 5.97 Å². The standard InChI is InChI=1S/C21H18O3/c1-14-8-10-16(11-9-14)20-18(15-6-4-3-5-7-15)12-17(13-19(20)22)21(23)24-2/h3-13,22H,1-2H3. The first kappa shape index (κ1) is 15.8. The van der Waals surface area contributed by atoms with Crippen LogP contribution >= 0.6 is 0 Å². The number of esters is 1. The first-order chi connectivity index (χ1) is 11.6. The van der Waals surface area contributed by atoms with E-state index in [1.165, 1.54) is 13.2 Å². The van der Waals surface area contributed by atoms with Crippen molar-refractivity contribution in [1.29, 1.82) is 0 Å². The van der Waals surface area contributed by atoms with E-state index in [1.807, 2.05) is 61.5 Å². The number of hydrogen-bond acceptors (Lipinski definition) is 3. The molecule has 0 saturated carbocycles. The Bertz CT molecular complexity index is 866. The molecule has 1 N–H and O–H groups in total. The minimum atomic E-state index is -0.474. The third-order valence-electron chi connectivity index (χ3n) is 3.96. The van der Waals surface area contributed by atoms with Crippen LogP contribution < -0.4 is 0 Å². The number of ether oxygens (including phenoxy) is 1. The van der Waals surface area contributed by atoms with Gasteiger partial charge in [-0.15, -0.1) is 0 Å². The molecule has 0 aliphatic carbocycles. The third-order valence-corrected chi connectivity index (χ3v) is 3.96. The average molecular weight is 318 g/mol. The van der Waals surface area contributed by atoms with Gasteiger partial charge in [-0.25, -0.2) is 4.79 Å². The van der Waals surface area contributed by atoms with E-state index in [2.05, 4.69) is 0 Å². The molecule has 3 aromatic carbocycles. The third kappa shape index (κ3) is 3.01. The van der Waals surface area contributed by atoms with E-state index < -0.39 is 5.97 Å². The number of carbonyl (C=O) groups is 1. The number of phenols is 1. The van der Waals surface area contributed by atoms with Gasteiger partial charge in [0.1, 0.15) is 5.75 Å². The predicted octanol–water partition coefficient (Wildman–Crippen LogP) is 4.82. The highest BCUT2D eigenvalue weighted by molar-refractivity contribution is 5.96. The second-order valence-electron chi connectivity index (χ2n) is 5.64. The van der Waals surface area contributed by atoms with Crippen molar-refractivity contribution < 1.29 is 14.6 Å². The molecule has 120 valence electrons. The van der Waals surface area contributed by atoms with Crippen LogP contribution in [0.5, 0.6) is 5.75 Å². The number of aromatic hydroxyl groups is 1. The molecule has 0 amide bonds. The second-order valence-corrected chi connectivity index (χ2v) is 5.64. The molecular formula is C21H18O3. The highest BCUT2D eigenvalue weighted by Crippen LogP contribution is 2.40. The van der Waals surface area contributed by atoms with Crippen molar-refractivity contribution in [3.8, 4) is 28.0 Å². The van der Waals surface area contributed by atoms with Crippen LogP contribution in [0.1, 0.15) is 15.9 Å². The summed E-state index contributed by atoms with van der Waals surface area (Å²) >= 11 is 0. The van der Waals surface area contributed by atoms with Crippen molar-refractivity contribution in [3.63, 3.8) is 0 Å². The molecule has 0 heterocycles. The van der Waals surface area contributed by atoms with Crippen LogP contribution in [0, 0.1) is 6.92 Å². The maximum absolute atomic E-state index is 11.9. The lowest BCUT2D eigenvalue weighted by molar-refractivity contribution is 0.0600. The van der Waals surface area contributed by atoms with E-state index in [4.69, 9.17) is 4.74 Å². The van der Waals surface area contributed by atoms with Gasteiger partial charge in [-0.1, -0.05) is 60.2 Å². The van der Waals surface area contributed by atoms with Crippen molar-refractivity contribution in [1.82, 2.24) is 0 Å². The maximum atomic E-state index is 11.9. The van der Waals surface area contributed by atoms with E-state index >= 15 is 0 Å². The molecule has 0 atom stereocenters. The lowest BCUT2D eigenvalue weighted by atomic mass is 9.91. The largest absolute Gasteiger partial charge is 0.507 e. The Hall–Kier alpha value is -3.07. The number of hydrogen-bond donors (Lipinski definition) is 1. The van der Waals surface area contributed by atoms with Gasteiger partial charge < -0.3 is 9.84 Å². The van der Waals surface area contributed by atoms with Gasteiger partial charge in [-0.05, 0) is 35.7 Å². The van der Waals surface area contributed by atoms with Gasteiger partial charge in [0.15, 0.2) is 0 Å². The minimum absolute atomic E-state index is 0.0561. The van der Waals surface area contributed by atoms with Gasteiger partial charge in [0, 0.05) is 5.56 Å². The van der Waals surface area contributed by atoms with E-state index in [1.54, 1.807) is 6.07 Å². The van der Waals surface area contributed by atoms with Gasteiger partial charge in [0.05, 0.1) is 12.7 Å². The van der Waals surface area contributed by atoms with Gasteiger partial charge in [0.25, 0.3) is 0 Å². The van der Waals surface area contributed by atoms with E-state index in [9.17, 15) is 9.90 Å². The van der Waals surface area contributed by atoms with Crippen LogP contribution in [-0.2, 0) is 4.74 Å². The number of phenolic OH excluding ortho intramolecular Hbond substituents is 1. The van der Waals surface area contributed by atoms with Crippen LogP contribution in [0.2, 0.25) is 0 Å². The van der Waals surface area contributed by atoms with Crippen LogP contribution in [0.25, 0.3) is 22.3 Å². The smallest absolute Gasteiger partial charge is 0.338 e. The fourth-order valence-corrected chi connectivity index (χ4v) is 2.73. The highest BCUT2D eigenvalue weighted by Gasteiger charge is 2.17. The van der Waals surface area contributed by atoms with E-state index in [0.717, 1.165) is 22.3 Å². The number of carbonyl (C=O) groups excluding carboxylic acids is 1. The summed E-state index contributed by atoms with van der Waals surface area (Å²) in [5, 5.41) is 10.6. The zero-order chi connectivity index (χ0) is 17.1. The fraction of sp³-hybridized carbons (Fsp3) is 0.0952. The Kier molecular flexibility index (Phi) is 4.34. The SMILES string of the molecule is COC(=O)c1cc(O)c(-c2ccc(C)cc2)c(-c2ccccc2)c1. The molecule has 3 aromatic rings. The van der Waals surface area contributed by atoms with Gasteiger partial charge >= 0.3 is 5.97 Å². The number of rotatable bonds is 3. The topological polar surface area (TPSA) is 46.5 Å². The Morgan fingerprint density at radius 1 is 0.917 bits per heavy atom. The van der Waals surface area contributed by atoms with Gasteiger partial charge in [0.2, 0.25) is 0 Å². The summed E-state index contributed by atoms with van der Waals surface area (Å²) in [5.41, 5.74) is 4.78.